The number of aliphatic hydroxyl groups is 2. The standard InChI is InChI=1S/2C15H30O3.Ca/c2*16-14-12-10-8-6-4-2-1-3-5-7-9-11-13-15(17)18;/h2*16H,1-14H2,(H,17,18);/q;;+2/p-2. The van der Waals surface area contributed by atoms with Crippen LogP contribution in [0.5, 0.6) is 0 Å². The van der Waals surface area contributed by atoms with E-state index in [4.69, 9.17) is 10.2 Å². The molecule has 0 saturated carbocycles. The molecule has 0 saturated heterocycles. The molecule has 0 bridgehead atoms. The van der Waals surface area contributed by atoms with E-state index in [2.05, 4.69) is 0 Å². The summed E-state index contributed by atoms with van der Waals surface area (Å²) < 4.78 is 0. The minimum atomic E-state index is -0.920. The first kappa shape index (κ1) is 41.6. The summed E-state index contributed by atoms with van der Waals surface area (Å²) in [6.07, 6.45) is 28.6. The van der Waals surface area contributed by atoms with Crippen LogP contribution < -0.4 is 10.2 Å². The Bertz CT molecular complexity index is 408. The number of carboxylic acid groups (broad SMARTS) is 2. The predicted molar refractivity (Wildman–Crippen MR) is 150 cm³/mol. The number of aliphatic hydroxyl groups excluding tert-OH is 2. The van der Waals surface area contributed by atoms with Crippen molar-refractivity contribution in [2.45, 2.75) is 167 Å². The van der Waals surface area contributed by atoms with Gasteiger partial charge in [0.05, 0.1) is 0 Å². The molecule has 0 heterocycles. The molecule has 37 heavy (non-hydrogen) atoms. The fourth-order valence-electron chi connectivity index (χ4n) is 4.30. The normalized spacial score (nSPS) is 10.4. The Morgan fingerprint density at radius 3 is 0.676 bits per heavy atom. The maximum Gasteiger partial charge on any atom is 2.00 e. The van der Waals surface area contributed by atoms with Crippen LogP contribution in [-0.4, -0.2) is 73.1 Å². The number of aliphatic carboxylic acids is 2. The molecule has 0 aliphatic heterocycles. The van der Waals surface area contributed by atoms with Crippen LogP contribution in [0.15, 0.2) is 0 Å². The third kappa shape index (κ3) is 46.4. The minimum absolute atomic E-state index is 0. The zero-order chi connectivity index (χ0) is 27.0. The third-order valence-corrected chi connectivity index (χ3v) is 6.58. The van der Waals surface area contributed by atoms with Gasteiger partial charge in [0.25, 0.3) is 0 Å². The van der Waals surface area contributed by atoms with Crippen molar-refractivity contribution < 1.29 is 30.0 Å². The van der Waals surface area contributed by atoms with E-state index in [1.807, 2.05) is 0 Å². The second-order valence-corrected chi connectivity index (χ2v) is 10.2. The Morgan fingerprint density at radius 1 is 0.351 bits per heavy atom. The van der Waals surface area contributed by atoms with Crippen molar-refractivity contribution in [1.82, 2.24) is 0 Å². The van der Waals surface area contributed by atoms with Crippen LogP contribution >= 0.6 is 0 Å². The van der Waals surface area contributed by atoms with E-state index < -0.39 is 11.9 Å². The molecule has 0 aromatic carbocycles. The number of rotatable bonds is 28. The van der Waals surface area contributed by atoms with Gasteiger partial charge in [-0.05, 0) is 38.5 Å². The van der Waals surface area contributed by atoms with Crippen LogP contribution in [0.3, 0.4) is 0 Å². The van der Waals surface area contributed by atoms with Gasteiger partial charge in [0.1, 0.15) is 0 Å². The average molecular weight is 555 g/mol. The fraction of sp³-hybridized carbons (Fsp3) is 0.933. The summed E-state index contributed by atoms with van der Waals surface area (Å²) in [6, 6.07) is 0. The zero-order valence-corrected chi connectivity index (χ0v) is 26.2. The molecule has 6 nitrogen and oxygen atoms in total. The topological polar surface area (TPSA) is 121 Å². The maximum absolute atomic E-state index is 10.2. The van der Waals surface area contributed by atoms with E-state index in [0.717, 1.165) is 64.2 Å². The Labute approximate surface area is 258 Å². The van der Waals surface area contributed by atoms with Crippen molar-refractivity contribution in [3.8, 4) is 0 Å². The molecule has 0 spiro atoms. The molecule has 0 fully saturated rings. The first-order chi connectivity index (χ1) is 17.5. The predicted octanol–water partition coefficient (Wildman–Crippen LogP) is 5.22. The van der Waals surface area contributed by atoms with Gasteiger partial charge in [-0.2, -0.15) is 0 Å². The molecule has 0 atom stereocenters. The molecule has 0 aromatic heterocycles. The quantitative estimate of drug-likeness (QED) is 0.101. The Hall–Kier alpha value is 0.120. The van der Waals surface area contributed by atoms with Crippen LogP contribution in [0.25, 0.3) is 0 Å². The molecule has 0 amide bonds. The van der Waals surface area contributed by atoms with Gasteiger partial charge >= 0.3 is 37.7 Å². The van der Waals surface area contributed by atoms with Crippen molar-refractivity contribution in [2.24, 2.45) is 0 Å². The zero-order valence-electron chi connectivity index (χ0n) is 24.0. The van der Waals surface area contributed by atoms with E-state index >= 15 is 0 Å². The van der Waals surface area contributed by atoms with E-state index in [1.54, 1.807) is 0 Å². The van der Waals surface area contributed by atoms with E-state index in [9.17, 15) is 19.8 Å². The number of hydrogen-bond donors (Lipinski definition) is 2. The molecule has 0 rings (SSSR count). The monoisotopic (exact) mass is 554 g/mol. The number of unbranched alkanes of at least 4 members (excludes halogenated alkanes) is 22. The summed E-state index contributed by atoms with van der Waals surface area (Å²) >= 11 is 0. The summed E-state index contributed by atoms with van der Waals surface area (Å²) in [5.74, 6) is -1.84. The summed E-state index contributed by atoms with van der Waals surface area (Å²) in [5.41, 5.74) is 0. The minimum Gasteiger partial charge on any atom is -0.550 e. The second-order valence-electron chi connectivity index (χ2n) is 10.2. The number of carbonyl (C=O) groups excluding carboxylic acids is 2. The third-order valence-electron chi connectivity index (χ3n) is 6.58. The molecule has 216 valence electrons. The van der Waals surface area contributed by atoms with Crippen molar-refractivity contribution in [1.29, 1.82) is 0 Å². The van der Waals surface area contributed by atoms with Crippen LogP contribution in [0.4, 0.5) is 0 Å². The van der Waals surface area contributed by atoms with Gasteiger partial charge in [-0.1, -0.05) is 128 Å². The van der Waals surface area contributed by atoms with Gasteiger partial charge in [-0.3, -0.25) is 0 Å². The number of carbonyl (C=O) groups is 2. The summed E-state index contributed by atoms with van der Waals surface area (Å²) in [6.45, 7) is 0.663. The first-order valence-electron chi connectivity index (χ1n) is 15.2. The van der Waals surface area contributed by atoms with E-state index in [-0.39, 0.29) is 50.6 Å². The maximum atomic E-state index is 10.2. The Kier molecular flexibility index (Phi) is 43.0. The van der Waals surface area contributed by atoms with Gasteiger partial charge in [-0.25, -0.2) is 0 Å². The van der Waals surface area contributed by atoms with Gasteiger partial charge < -0.3 is 30.0 Å². The smallest absolute Gasteiger partial charge is 0.550 e. The van der Waals surface area contributed by atoms with Crippen LogP contribution in [0.1, 0.15) is 167 Å². The Morgan fingerprint density at radius 2 is 0.514 bits per heavy atom. The van der Waals surface area contributed by atoms with Gasteiger partial charge in [0, 0.05) is 25.2 Å². The molecular formula is C30H58CaO6. The number of hydrogen-bond acceptors (Lipinski definition) is 6. The molecule has 0 radical (unpaired) electrons. The Balaban J connectivity index is -0.000000608. The van der Waals surface area contributed by atoms with E-state index in [0.29, 0.717) is 13.2 Å². The van der Waals surface area contributed by atoms with Crippen LogP contribution in [0, 0.1) is 0 Å². The molecule has 0 aliphatic rings. The second kappa shape index (κ2) is 38.3. The molecule has 0 aromatic rings. The van der Waals surface area contributed by atoms with Crippen molar-refractivity contribution in [3.63, 3.8) is 0 Å². The first-order valence-corrected chi connectivity index (χ1v) is 15.2. The molecule has 7 heteroatoms. The molecule has 0 aliphatic carbocycles. The van der Waals surface area contributed by atoms with Crippen LogP contribution in [0.2, 0.25) is 0 Å². The molecule has 2 N–H and O–H groups in total. The summed E-state index contributed by atoms with van der Waals surface area (Å²) in [5, 5.41) is 37.6. The summed E-state index contributed by atoms with van der Waals surface area (Å²) in [7, 11) is 0. The summed E-state index contributed by atoms with van der Waals surface area (Å²) in [4.78, 5) is 20.4. The van der Waals surface area contributed by atoms with Gasteiger partial charge in [-0.15, -0.1) is 0 Å². The fourth-order valence-corrected chi connectivity index (χ4v) is 4.30. The van der Waals surface area contributed by atoms with Gasteiger partial charge in [0.2, 0.25) is 0 Å². The molecular weight excluding hydrogens is 496 g/mol. The van der Waals surface area contributed by atoms with Crippen molar-refractivity contribution >= 4 is 49.7 Å². The average Bonchev–Trinajstić information content (AvgIpc) is 2.85. The molecule has 0 unspecified atom stereocenters. The largest absolute Gasteiger partial charge is 2.00 e. The van der Waals surface area contributed by atoms with Gasteiger partial charge in [0.15, 0.2) is 0 Å². The van der Waals surface area contributed by atoms with Crippen molar-refractivity contribution in [3.05, 3.63) is 0 Å². The van der Waals surface area contributed by atoms with Crippen molar-refractivity contribution in [2.75, 3.05) is 13.2 Å². The SMILES string of the molecule is O=C([O-])CCCCCCCCCCCCCCO.O=C([O-])CCCCCCCCCCCCCCO.[Ca+2]. The number of carboxylic acids is 2. The van der Waals surface area contributed by atoms with Crippen LogP contribution in [-0.2, 0) is 9.59 Å². The van der Waals surface area contributed by atoms with E-state index in [1.165, 1.54) is 89.9 Å².